The maximum Gasteiger partial charge on any atom is 0.311 e. The number of carbonyl (C=O) groups is 1. The molecule has 0 bridgehead atoms. The molecule has 2 aromatic rings. The minimum absolute atomic E-state index is 0. The molecule has 0 aliphatic carbocycles. The predicted molar refractivity (Wildman–Crippen MR) is 82.7 cm³/mol. The van der Waals surface area contributed by atoms with E-state index in [2.05, 4.69) is 15.1 Å². The summed E-state index contributed by atoms with van der Waals surface area (Å²) in [6.45, 7) is 2.08. The summed E-state index contributed by atoms with van der Waals surface area (Å²) >= 11 is 1.57. The van der Waals surface area contributed by atoms with Gasteiger partial charge in [0.25, 0.3) is 0 Å². The Morgan fingerprint density at radius 1 is 1.19 bits per heavy atom. The lowest BCUT2D eigenvalue weighted by molar-refractivity contribution is -0.140. The van der Waals surface area contributed by atoms with Gasteiger partial charge in [-0.25, -0.2) is 0 Å². The molecule has 0 amide bonds. The van der Waals surface area contributed by atoms with Gasteiger partial charge in [0.2, 0.25) is 5.13 Å². The van der Waals surface area contributed by atoms with Crippen molar-refractivity contribution >= 4 is 34.8 Å². The fourth-order valence-electron chi connectivity index (χ4n) is 2.80. The molecule has 4 rings (SSSR count). The molecule has 2 aliphatic rings. The molecule has 2 atom stereocenters. The Balaban J connectivity index is 0.00000132. The minimum Gasteiger partial charge on any atom is -0.465 e. The van der Waals surface area contributed by atoms with Crippen LogP contribution in [0.4, 0.5) is 5.13 Å². The maximum atomic E-state index is 11.6. The number of hydrogen-bond donors (Lipinski definition) is 0. The highest BCUT2D eigenvalue weighted by Gasteiger charge is 2.44. The average Bonchev–Trinajstić information content (AvgIpc) is 3.17. The van der Waals surface area contributed by atoms with Crippen LogP contribution in [0.1, 0.15) is 0 Å². The van der Waals surface area contributed by atoms with E-state index in [1.165, 1.54) is 0 Å². The van der Waals surface area contributed by atoms with Crippen molar-refractivity contribution in [3.8, 4) is 10.6 Å². The fraction of sp³-hybridized carbons (Fsp3) is 0.357. The molecule has 0 unspecified atom stereocenters. The highest BCUT2D eigenvalue weighted by atomic mass is 35.5. The van der Waals surface area contributed by atoms with Crippen LogP contribution in [0.25, 0.3) is 10.6 Å². The van der Waals surface area contributed by atoms with Crippen LogP contribution in [0.3, 0.4) is 0 Å². The third-order valence-electron chi connectivity index (χ3n) is 3.89. The number of aromatic nitrogens is 2. The molecule has 21 heavy (non-hydrogen) atoms. The normalized spacial score (nSPS) is 23.6. The lowest BCUT2D eigenvalue weighted by Crippen LogP contribution is -2.23. The molecule has 2 fully saturated rings. The van der Waals surface area contributed by atoms with E-state index in [-0.39, 0.29) is 24.3 Å². The van der Waals surface area contributed by atoms with Crippen molar-refractivity contribution < 1.29 is 9.53 Å². The maximum absolute atomic E-state index is 11.6. The van der Waals surface area contributed by atoms with Gasteiger partial charge < -0.3 is 9.64 Å². The second kappa shape index (κ2) is 5.61. The average molecular weight is 324 g/mol. The summed E-state index contributed by atoms with van der Waals surface area (Å²) in [5.41, 5.74) is 1.08. The summed E-state index contributed by atoms with van der Waals surface area (Å²) in [4.78, 5) is 13.7. The largest absolute Gasteiger partial charge is 0.465 e. The topological polar surface area (TPSA) is 55.3 Å². The highest BCUT2D eigenvalue weighted by molar-refractivity contribution is 7.18. The summed E-state index contributed by atoms with van der Waals surface area (Å²) in [5, 5.41) is 10.3. The van der Waals surface area contributed by atoms with Crippen molar-refractivity contribution in [1.29, 1.82) is 0 Å². The van der Waals surface area contributed by atoms with E-state index >= 15 is 0 Å². The van der Waals surface area contributed by atoms with Crippen LogP contribution in [-0.4, -0.2) is 35.9 Å². The first-order chi connectivity index (χ1) is 9.81. The number of rotatable bonds is 2. The van der Waals surface area contributed by atoms with Gasteiger partial charge in [0.1, 0.15) is 5.01 Å². The van der Waals surface area contributed by atoms with Crippen molar-refractivity contribution in [1.82, 2.24) is 10.2 Å². The molecule has 3 heterocycles. The van der Waals surface area contributed by atoms with E-state index in [1.807, 2.05) is 30.3 Å². The summed E-state index contributed by atoms with van der Waals surface area (Å²) in [5.74, 6) is 0.260. The number of esters is 1. The number of halogens is 1. The van der Waals surface area contributed by atoms with Gasteiger partial charge in [0, 0.05) is 24.6 Å². The van der Waals surface area contributed by atoms with Gasteiger partial charge >= 0.3 is 5.97 Å². The highest BCUT2D eigenvalue weighted by Crippen LogP contribution is 2.36. The summed E-state index contributed by atoms with van der Waals surface area (Å²) in [6, 6.07) is 10.0. The molecule has 110 valence electrons. The molecule has 1 aromatic heterocycles. The molecule has 1 aromatic carbocycles. The Morgan fingerprint density at radius 2 is 2.00 bits per heavy atom. The molecule has 0 spiro atoms. The van der Waals surface area contributed by atoms with Crippen molar-refractivity contribution in [2.75, 3.05) is 24.6 Å². The Morgan fingerprint density at radius 3 is 2.76 bits per heavy atom. The van der Waals surface area contributed by atoms with Gasteiger partial charge in [-0.2, -0.15) is 0 Å². The summed E-state index contributed by atoms with van der Waals surface area (Å²) < 4.78 is 5.08. The first-order valence-corrected chi connectivity index (χ1v) is 7.43. The van der Waals surface area contributed by atoms with Gasteiger partial charge in [-0.1, -0.05) is 41.7 Å². The van der Waals surface area contributed by atoms with Crippen LogP contribution in [0, 0.1) is 11.8 Å². The second-order valence-electron chi connectivity index (χ2n) is 5.16. The minimum atomic E-state index is -0.0645. The number of nitrogens with zero attached hydrogens (tertiary/aromatic N) is 3. The first kappa shape index (κ1) is 14.3. The molecule has 2 saturated heterocycles. The van der Waals surface area contributed by atoms with E-state index < -0.39 is 0 Å². The van der Waals surface area contributed by atoms with Gasteiger partial charge in [0.15, 0.2) is 0 Å². The molecule has 0 radical (unpaired) electrons. The number of benzene rings is 1. The number of ether oxygens (including phenoxy) is 1. The van der Waals surface area contributed by atoms with Crippen LogP contribution in [0.15, 0.2) is 30.3 Å². The second-order valence-corrected chi connectivity index (χ2v) is 6.11. The molecule has 0 N–H and O–H groups in total. The van der Waals surface area contributed by atoms with Gasteiger partial charge in [0.05, 0.1) is 12.5 Å². The predicted octanol–water partition coefficient (Wildman–Crippen LogP) is 2.24. The number of fused-ring (bicyclic) bond motifs is 1. The van der Waals surface area contributed by atoms with Crippen molar-refractivity contribution in [3.05, 3.63) is 30.3 Å². The standard InChI is InChI=1S/C14H13N3O2S.ClH/c18-13-11-7-17(6-10(11)8-19-13)14-16-15-12(20-14)9-4-2-1-3-5-9;/h1-5,10-11H,6-8H2;1H/t10-,11-;/m1./s1. The van der Waals surface area contributed by atoms with Crippen LogP contribution in [-0.2, 0) is 9.53 Å². The van der Waals surface area contributed by atoms with Crippen molar-refractivity contribution in [2.24, 2.45) is 11.8 Å². The van der Waals surface area contributed by atoms with Gasteiger partial charge in [-0.15, -0.1) is 22.6 Å². The lowest BCUT2D eigenvalue weighted by Gasteiger charge is -2.14. The molecular formula is C14H14ClN3O2S. The summed E-state index contributed by atoms with van der Waals surface area (Å²) in [6.07, 6.45) is 0. The zero-order chi connectivity index (χ0) is 13.5. The fourth-order valence-corrected chi connectivity index (χ4v) is 3.67. The lowest BCUT2D eigenvalue weighted by atomic mass is 10.0. The van der Waals surface area contributed by atoms with Crippen LogP contribution in [0.5, 0.6) is 0 Å². The molecule has 5 nitrogen and oxygen atoms in total. The van der Waals surface area contributed by atoms with E-state index in [4.69, 9.17) is 4.74 Å². The quantitative estimate of drug-likeness (QED) is 0.793. The SMILES string of the molecule is Cl.O=C1OC[C@H]2CN(c3nnc(-c4ccccc4)s3)C[C@@H]12. The third-order valence-corrected chi connectivity index (χ3v) is 4.92. The van der Waals surface area contributed by atoms with Gasteiger partial charge in [-0.05, 0) is 0 Å². The van der Waals surface area contributed by atoms with E-state index in [0.717, 1.165) is 22.2 Å². The summed E-state index contributed by atoms with van der Waals surface area (Å²) in [7, 11) is 0. The Bertz CT molecular complexity index is 649. The molecule has 2 aliphatic heterocycles. The Kier molecular flexibility index (Phi) is 3.82. The molecule has 7 heteroatoms. The Hall–Kier alpha value is -1.66. The van der Waals surface area contributed by atoms with Crippen molar-refractivity contribution in [3.63, 3.8) is 0 Å². The number of hydrogen-bond acceptors (Lipinski definition) is 6. The van der Waals surface area contributed by atoms with Crippen LogP contribution in [0.2, 0.25) is 0 Å². The zero-order valence-electron chi connectivity index (χ0n) is 11.1. The number of cyclic esters (lactones) is 1. The smallest absolute Gasteiger partial charge is 0.311 e. The number of anilines is 1. The zero-order valence-corrected chi connectivity index (χ0v) is 12.8. The molecule has 0 saturated carbocycles. The van der Waals surface area contributed by atoms with E-state index in [9.17, 15) is 4.79 Å². The monoisotopic (exact) mass is 323 g/mol. The number of carbonyl (C=O) groups excluding carboxylic acids is 1. The van der Waals surface area contributed by atoms with Gasteiger partial charge in [-0.3, -0.25) is 4.79 Å². The van der Waals surface area contributed by atoms with Crippen molar-refractivity contribution in [2.45, 2.75) is 0 Å². The molecular weight excluding hydrogens is 310 g/mol. The third kappa shape index (κ3) is 2.49. The van der Waals surface area contributed by atoms with E-state index in [0.29, 0.717) is 19.1 Å². The Labute approximate surface area is 132 Å². The van der Waals surface area contributed by atoms with E-state index in [1.54, 1.807) is 11.3 Å². The first-order valence-electron chi connectivity index (χ1n) is 6.62. The van der Waals surface area contributed by atoms with Crippen LogP contribution >= 0.6 is 23.7 Å². The van der Waals surface area contributed by atoms with Crippen LogP contribution < -0.4 is 4.90 Å².